The molecule has 0 aromatic rings. The standard InChI is InChI=1S/C8H17NO2/c1-4-5-6-9-11-8(10)7(2)3/h7,9H,4-6H2,1-3H3. The zero-order chi connectivity index (χ0) is 8.69. The molecular weight excluding hydrogens is 142 g/mol. The second kappa shape index (κ2) is 6.16. The van der Waals surface area contributed by atoms with Gasteiger partial charge in [0.25, 0.3) is 0 Å². The minimum atomic E-state index is -0.193. The van der Waals surface area contributed by atoms with Crippen molar-refractivity contribution in [3.05, 3.63) is 0 Å². The normalized spacial score (nSPS) is 10.2. The predicted molar refractivity (Wildman–Crippen MR) is 43.8 cm³/mol. The number of unbranched alkanes of at least 4 members (excludes halogenated alkanes) is 1. The molecule has 0 bridgehead atoms. The first kappa shape index (κ1) is 10.4. The van der Waals surface area contributed by atoms with E-state index in [-0.39, 0.29) is 11.9 Å². The zero-order valence-electron chi connectivity index (χ0n) is 7.52. The van der Waals surface area contributed by atoms with Crippen molar-refractivity contribution in [2.45, 2.75) is 33.6 Å². The smallest absolute Gasteiger partial charge is 0.327 e. The molecule has 0 heterocycles. The van der Waals surface area contributed by atoms with Crippen LogP contribution in [-0.4, -0.2) is 12.5 Å². The van der Waals surface area contributed by atoms with E-state index in [1.165, 1.54) is 0 Å². The lowest BCUT2D eigenvalue weighted by atomic mass is 10.2. The van der Waals surface area contributed by atoms with Gasteiger partial charge in [-0.25, -0.2) is 0 Å². The van der Waals surface area contributed by atoms with Crippen molar-refractivity contribution >= 4 is 5.97 Å². The maximum atomic E-state index is 10.8. The van der Waals surface area contributed by atoms with Gasteiger partial charge in [0.1, 0.15) is 0 Å². The van der Waals surface area contributed by atoms with Gasteiger partial charge in [-0.15, -0.1) is 0 Å². The maximum absolute atomic E-state index is 10.8. The Hall–Kier alpha value is -0.570. The van der Waals surface area contributed by atoms with Crippen molar-refractivity contribution in [2.24, 2.45) is 5.92 Å². The van der Waals surface area contributed by atoms with Crippen molar-refractivity contribution < 1.29 is 9.63 Å². The number of carbonyl (C=O) groups is 1. The average Bonchev–Trinajstić information content (AvgIpc) is 1.97. The molecule has 3 heteroatoms. The molecule has 0 aliphatic rings. The van der Waals surface area contributed by atoms with E-state index in [1.54, 1.807) is 0 Å². The largest absolute Gasteiger partial charge is 0.370 e. The topological polar surface area (TPSA) is 38.3 Å². The number of hydroxylamine groups is 1. The molecule has 3 nitrogen and oxygen atoms in total. The number of rotatable bonds is 5. The molecule has 0 fully saturated rings. The maximum Gasteiger partial charge on any atom is 0.327 e. The Labute approximate surface area is 68.1 Å². The van der Waals surface area contributed by atoms with E-state index >= 15 is 0 Å². The van der Waals surface area contributed by atoms with E-state index in [1.807, 2.05) is 13.8 Å². The van der Waals surface area contributed by atoms with E-state index in [9.17, 15) is 4.79 Å². The predicted octanol–water partition coefficient (Wildman–Crippen LogP) is 1.49. The molecule has 0 aliphatic carbocycles. The van der Waals surface area contributed by atoms with Crippen molar-refractivity contribution in [1.82, 2.24) is 5.48 Å². The Bertz CT molecular complexity index is 113. The fourth-order valence-electron chi connectivity index (χ4n) is 0.489. The average molecular weight is 159 g/mol. The van der Waals surface area contributed by atoms with Crippen molar-refractivity contribution in [3.63, 3.8) is 0 Å². The van der Waals surface area contributed by atoms with Crippen LogP contribution in [0.2, 0.25) is 0 Å². The van der Waals surface area contributed by atoms with Crippen molar-refractivity contribution in [2.75, 3.05) is 6.54 Å². The van der Waals surface area contributed by atoms with Gasteiger partial charge in [-0.05, 0) is 6.42 Å². The summed E-state index contributed by atoms with van der Waals surface area (Å²) in [5, 5.41) is 0. The molecule has 0 atom stereocenters. The van der Waals surface area contributed by atoms with Crippen LogP contribution in [0.25, 0.3) is 0 Å². The molecule has 0 saturated heterocycles. The lowest BCUT2D eigenvalue weighted by Crippen LogP contribution is -2.23. The number of carbonyl (C=O) groups excluding carboxylic acids is 1. The van der Waals surface area contributed by atoms with E-state index in [2.05, 4.69) is 12.4 Å². The molecular formula is C8H17NO2. The summed E-state index contributed by atoms with van der Waals surface area (Å²) in [7, 11) is 0. The number of nitrogens with one attached hydrogen (secondary N) is 1. The Morgan fingerprint density at radius 3 is 2.64 bits per heavy atom. The molecule has 0 aliphatic heterocycles. The minimum absolute atomic E-state index is 0.0517. The Balaban J connectivity index is 3.18. The summed E-state index contributed by atoms with van der Waals surface area (Å²) in [4.78, 5) is 15.5. The molecule has 0 amide bonds. The second-order valence-corrected chi connectivity index (χ2v) is 2.82. The highest BCUT2D eigenvalue weighted by Crippen LogP contribution is 1.93. The fourth-order valence-corrected chi connectivity index (χ4v) is 0.489. The Morgan fingerprint density at radius 2 is 2.18 bits per heavy atom. The van der Waals surface area contributed by atoms with E-state index in [4.69, 9.17) is 4.84 Å². The van der Waals surface area contributed by atoms with E-state index in [0.29, 0.717) is 0 Å². The summed E-state index contributed by atoms with van der Waals surface area (Å²) < 4.78 is 0. The summed E-state index contributed by atoms with van der Waals surface area (Å²) in [5.74, 6) is -0.245. The highest BCUT2D eigenvalue weighted by Gasteiger charge is 2.06. The van der Waals surface area contributed by atoms with Crippen LogP contribution in [0.15, 0.2) is 0 Å². The fraction of sp³-hybridized carbons (Fsp3) is 0.875. The summed E-state index contributed by atoms with van der Waals surface area (Å²) in [5.41, 5.74) is 2.62. The lowest BCUT2D eigenvalue weighted by molar-refractivity contribution is -0.154. The first-order valence-electron chi connectivity index (χ1n) is 4.12. The van der Waals surface area contributed by atoms with Crippen molar-refractivity contribution in [3.8, 4) is 0 Å². The van der Waals surface area contributed by atoms with Crippen LogP contribution in [0.3, 0.4) is 0 Å². The molecule has 0 aromatic carbocycles. The van der Waals surface area contributed by atoms with Crippen LogP contribution in [0.5, 0.6) is 0 Å². The summed E-state index contributed by atoms with van der Waals surface area (Å²) >= 11 is 0. The molecule has 0 unspecified atom stereocenters. The molecule has 1 N–H and O–H groups in total. The zero-order valence-corrected chi connectivity index (χ0v) is 7.52. The first-order valence-corrected chi connectivity index (χ1v) is 4.12. The third-order valence-electron chi connectivity index (χ3n) is 1.28. The molecule has 0 radical (unpaired) electrons. The quantitative estimate of drug-likeness (QED) is 0.488. The first-order chi connectivity index (χ1) is 5.18. The van der Waals surface area contributed by atoms with Crippen LogP contribution < -0.4 is 5.48 Å². The van der Waals surface area contributed by atoms with Gasteiger partial charge in [0, 0.05) is 6.54 Å². The molecule has 66 valence electrons. The summed E-state index contributed by atoms with van der Waals surface area (Å²) in [6, 6.07) is 0. The van der Waals surface area contributed by atoms with Crippen LogP contribution >= 0.6 is 0 Å². The third-order valence-corrected chi connectivity index (χ3v) is 1.28. The SMILES string of the molecule is CCCCNOC(=O)C(C)C. The second-order valence-electron chi connectivity index (χ2n) is 2.82. The van der Waals surface area contributed by atoms with Gasteiger partial charge in [0.05, 0.1) is 5.92 Å². The highest BCUT2D eigenvalue weighted by atomic mass is 16.7. The molecule has 0 aromatic heterocycles. The van der Waals surface area contributed by atoms with Gasteiger partial charge in [0.2, 0.25) is 0 Å². The van der Waals surface area contributed by atoms with Crippen molar-refractivity contribution in [1.29, 1.82) is 0 Å². The highest BCUT2D eigenvalue weighted by molar-refractivity contribution is 5.71. The Morgan fingerprint density at radius 1 is 1.55 bits per heavy atom. The molecule has 0 rings (SSSR count). The lowest BCUT2D eigenvalue weighted by Gasteiger charge is -2.06. The van der Waals surface area contributed by atoms with Gasteiger partial charge in [-0.3, -0.25) is 4.79 Å². The van der Waals surface area contributed by atoms with E-state index < -0.39 is 0 Å². The van der Waals surface area contributed by atoms with Gasteiger partial charge >= 0.3 is 5.97 Å². The van der Waals surface area contributed by atoms with E-state index in [0.717, 1.165) is 19.4 Å². The van der Waals surface area contributed by atoms with Gasteiger partial charge in [-0.2, -0.15) is 5.48 Å². The van der Waals surface area contributed by atoms with Gasteiger partial charge in [-0.1, -0.05) is 27.2 Å². The number of hydrogen-bond acceptors (Lipinski definition) is 3. The third kappa shape index (κ3) is 5.85. The Kier molecular flexibility index (Phi) is 5.84. The van der Waals surface area contributed by atoms with Gasteiger partial charge < -0.3 is 4.84 Å². The number of hydrogen-bond donors (Lipinski definition) is 1. The van der Waals surface area contributed by atoms with Crippen LogP contribution in [0.1, 0.15) is 33.6 Å². The summed E-state index contributed by atoms with van der Waals surface area (Å²) in [6.45, 7) is 6.45. The van der Waals surface area contributed by atoms with Gasteiger partial charge in [0.15, 0.2) is 0 Å². The molecule has 11 heavy (non-hydrogen) atoms. The van der Waals surface area contributed by atoms with Crippen LogP contribution in [0, 0.1) is 5.92 Å². The molecule has 0 spiro atoms. The van der Waals surface area contributed by atoms with Crippen LogP contribution in [-0.2, 0) is 9.63 Å². The van der Waals surface area contributed by atoms with Crippen LogP contribution in [0.4, 0.5) is 0 Å². The monoisotopic (exact) mass is 159 g/mol. The summed E-state index contributed by atoms with van der Waals surface area (Å²) in [6.07, 6.45) is 2.14. The molecule has 0 saturated carbocycles. The minimum Gasteiger partial charge on any atom is -0.370 e.